The van der Waals surface area contributed by atoms with Crippen LogP contribution >= 0.6 is 11.6 Å². The molecule has 8 heteroatoms. The lowest BCUT2D eigenvalue weighted by Gasteiger charge is -2.17. The van der Waals surface area contributed by atoms with E-state index in [0.717, 1.165) is 12.1 Å². The highest BCUT2D eigenvalue weighted by Crippen LogP contribution is 2.28. The van der Waals surface area contributed by atoms with Crippen LogP contribution in [-0.4, -0.2) is 18.9 Å². The number of anilines is 2. The third kappa shape index (κ3) is 3.36. The van der Waals surface area contributed by atoms with Gasteiger partial charge in [-0.3, -0.25) is 0 Å². The van der Waals surface area contributed by atoms with Crippen LogP contribution < -0.4 is 11.1 Å². The monoisotopic (exact) mass is 274 g/mol. The maximum atomic E-state index is 12.9. The second-order valence-electron chi connectivity index (χ2n) is 3.27. The van der Waals surface area contributed by atoms with Gasteiger partial charge in [0.1, 0.15) is 5.82 Å². The highest BCUT2D eigenvalue weighted by atomic mass is 35.5. The first kappa shape index (κ1) is 13.8. The van der Waals surface area contributed by atoms with Crippen LogP contribution in [0.4, 0.5) is 33.3 Å². The average molecular weight is 275 g/mol. The molecular weight excluding hydrogens is 267 g/mol. The van der Waals surface area contributed by atoms with E-state index in [1.54, 1.807) is 0 Å². The van der Waals surface area contributed by atoms with Gasteiger partial charge in [-0.05, 0) is 6.07 Å². The Kier molecular flexibility index (Phi) is 4.03. The molecule has 0 bridgehead atoms. The molecule has 3 N–H and O–H groups in total. The summed E-state index contributed by atoms with van der Waals surface area (Å²) in [5.74, 6) is -5.02. The van der Waals surface area contributed by atoms with Crippen LogP contribution in [0.25, 0.3) is 0 Å². The third-order valence-electron chi connectivity index (χ3n) is 1.93. The first-order chi connectivity index (χ1) is 7.74. The van der Waals surface area contributed by atoms with Crippen molar-refractivity contribution in [1.82, 2.24) is 0 Å². The Labute approximate surface area is 98.5 Å². The van der Waals surface area contributed by atoms with Crippen LogP contribution in [0.1, 0.15) is 0 Å². The molecule has 0 radical (unpaired) electrons. The van der Waals surface area contributed by atoms with Crippen molar-refractivity contribution in [2.75, 3.05) is 17.6 Å². The number of benzene rings is 1. The molecule has 0 saturated carbocycles. The van der Waals surface area contributed by atoms with Gasteiger partial charge in [-0.25, -0.2) is 13.2 Å². The van der Waals surface area contributed by atoms with Gasteiger partial charge in [-0.1, -0.05) is 11.6 Å². The predicted molar refractivity (Wildman–Crippen MR) is 55.3 cm³/mol. The maximum Gasteiger partial charge on any atom is 0.324 e. The molecule has 0 heterocycles. The third-order valence-corrected chi connectivity index (χ3v) is 2.22. The number of nitrogens with two attached hydrogens (primary N) is 1. The predicted octanol–water partition coefficient (Wildman–Crippen LogP) is 3.37. The van der Waals surface area contributed by atoms with Gasteiger partial charge in [0, 0.05) is 6.07 Å². The van der Waals surface area contributed by atoms with Gasteiger partial charge in [-0.15, -0.1) is 0 Å². The van der Waals surface area contributed by atoms with Crippen LogP contribution in [0.15, 0.2) is 12.1 Å². The number of nitrogen functional groups attached to an aromatic ring is 1. The van der Waals surface area contributed by atoms with Gasteiger partial charge in [-0.2, -0.15) is 8.78 Å². The Bertz CT molecular complexity index is 411. The molecule has 17 heavy (non-hydrogen) atoms. The number of hydrogen-bond acceptors (Lipinski definition) is 2. The van der Waals surface area contributed by atoms with Crippen LogP contribution in [0.2, 0.25) is 5.02 Å². The molecule has 1 aromatic rings. The summed E-state index contributed by atoms with van der Waals surface area (Å²) in [4.78, 5) is 0. The molecular formula is C9H8ClF5N2. The van der Waals surface area contributed by atoms with Crippen molar-refractivity contribution in [2.45, 2.75) is 12.3 Å². The van der Waals surface area contributed by atoms with Crippen molar-refractivity contribution in [1.29, 1.82) is 0 Å². The summed E-state index contributed by atoms with van der Waals surface area (Å²) in [5.41, 5.74) is 4.98. The van der Waals surface area contributed by atoms with Crippen molar-refractivity contribution >= 4 is 23.0 Å². The van der Waals surface area contributed by atoms with Crippen molar-refractivity contribution < 1.29 is 22.0 Å². The topological polar surface area (TPSA) is 38.0 Å². The zero-order chi connectivity index (χ0) is 13.2. The summed E-state index contributed by atoms with van der Waals surface area (Å²) in [5, 5.41) is 1.65. The highest BCUT2D eigenvalue weighted by Gasteiger charge is 2.40. The Morgan fingerprint density at radius 3 is 2.47 bits per heavy atom. The van der Waals surface area contributed by atoms with Crippen molar-refractivity contribution in [3.63, 3.8) is 0 Å². The second kappa shape index (κ2) is 4.95. The first-order valence-corrected chi connectivity index (χ1v) is 4.76. The fourth-order valence-corrected chi connectivity index (χ4v) is 1.17. The van der Waals surface area contributed by atoms with Crippen LogP contribution in [-0.2, 0) is 0 Å². The second-order valence-corrected chi connectivity index (χ2v) is 3.68. The van der Waals surface area contributed by atoms with Gasteiger partial charge >= 0.3 is 12.3 Å². The summed E-state index contributed by atoms with van der Waals surface area (Å²) in [7, 11) is 0. The zero-order valence-electron chi connectivity index (χ0n) is 8.28. The molecule has 96 valence electrons. The first-order valence-electron chi connectivity index (χ1n) is 4.38. The molecule has 2 nitrogen and oxygen atoms in total. The minimum atomic E-state index is -4.20. The van der Waals surface area contributed by atoms with Gasteiger partial charge in [0.2, 0.25) is 0 Å². The smallest absolute Gasteiger partial charge is 0.324 e. The number of rotatable bonds is 4. The van der Waals surface area contributed by atoms with Gasteiger partial charge in [0.25, 0.3) is 0 Å². The van der Waals surface area contributed by atoms with Crippen molar-refractivity contribution in [3.05, 3.63) is 23.0 Å². The summed E-state index contributed by atoms with van der Waals surface area (Å²) < 4.78 is 61.7. The Hall–Kier alpha value is -1.24. The zero-order valence-corrected chi connectivity index (χ0v) is 9.04. The van der Waals surface area contributed by atoms with Gasteiger partial charge in [0.15, 0.2) is 0 Å². The molecule has 0 atom stereocenters. The van der Waals surface area contributed by atoms with E-state index in [1.165, 1.54) is 0 Å². The molecule has 0 spiro atoms. The number of nitrogens with one attached hydrogen (secondary N) is 1. The quantitative estimate of drug-likeness (QED) is 0.652. The van der Waals surface area contributed by atoms with Gasteiger partial charge < -0.3 is 11.1 Å². The van der Waals surface area contributed by atoms with E-state index in [-0.39, 0.29) is 16.4 Å². The summed E-state index contributed by atoms with van der Waals surface area (Å²) in [6, 6.07) is 1.76. The normalized spacial score (nSPS) is 11.9. The van der Waals surface area contributed by atoms with E-state index in [2.05, 4.69) is 0 Å². The highest BCUT2D eigenvalue weighted by molar-refractivity contribution is 6.31. The standard InChI is InChI=1S/C9H8ClF5N2/c10-4-1-7(6(16)2-5(4)11)17-3-9(14,15)8(12)13/h1-2,8,17H,3,16H2. The summed E-state index contributed by atoms with van der Waals surface area (Å²) in [6.07, 6.45) is -3.80. The van der Waals surface area contributed by atoms with E-state index in [4.69, 9.17) is 17.3 Å². The number of halogens is 6. The number of hydrogen-bond donors (Lipinski definition) is 2. The van der Waals surface area contributed by atoms with Crippen LogP contribution in [0.5, 0.6) is 0 Å². The molecule has 0 aliphatic rings. The largest absolute Gasteiger partial charge is 0.397 e. The Morgan fingerprint density at radius 2 is 1.94 bits per heavy atom. The Balaban J connectivity index is 2.80. The number of alkyl halides is 4. The fraction of sp³-hybridized carbons (Fsp3) is 0.333. The molecule has 0 unspecified atom stereocenters. The van der Waals surface area contributed by atoms with E-state index >= 15 is 0 Å². The minimum absolute atomic E-state index is 0.128. The van der Waals surface area contributed by atoms with Crippen molar-refractivity contribution in [2.24, 2.45) is 0 Å². The SMILES string of the molecule is Nc1cc(F)c(Cl)cc1NCC(F)(F)C(F)F. The lowest BCUT2D eigenvalue weighted by atomic mass is 10.2. The molecule has 0 aliphatic carbocycles. The van der Waals surface area contributed by atoms with E-state index < -0.39 is 24.7 Å². The Morgan fingerprint density at radius 1 is 1.35 bits per heavy atom. The average Bonchev–Trinajstić information content (AvgIpc) is 2.21. The van der Waals surface area contributed by atoms with Gasteiger partial charge in [0.05, 0.1) is 22.9 Å². The van der Waals surface area contributed by atoms with E-state index in [9.17, 15) is 22.0 Å². The van der Waals surface area contributed by atoms with E-state index in [1.807, 2.05) is 5.32 Å². The molecule has 0 saturated heterocycles. The lowest BCUT2D eigenvalue weighted by molar-refractivity contribution is -0.117. The molecule has 0 aliphatic heterocycles. The molecule has 0 amide bonds. The summed E-state index contributed by atoms with van der Waals surface area (Å²) in [6.45, 7) is -1.32. The minimum Gasteiger partial charge on any atom is -0.397 e. The molecule has 0 fully saturated rings. The molecule has 1 rings (SSSR count). The van der Waals surface area contributed by atoms with E-state index in [0.29, 0.717) is 0 Å². The summed E-state index contributed by atoms with van der Waals surface area (Å²) >= 11 is 5.39. The lowest BCUT2D eigenvalue weighted by Crippen LogP contribution is -2.35. The van der Waals surface area contributed by atoms with Crippen molar-refractivity contribution in [3.8, 4) is 0 Å². The molecule has 1 aromatic carbocycles. The van der Waals surface area contributed by atoms with Crippen LogP contribution in [0, 0.1) is 5.82 Å². The maximum absolute atomic E-state index is 12.9. The molecule has 0 aromatic heterocycles. The fourth-order valence-electron chi connectivity index (χ4n) is 1.01. The van der Waals surface area contributed by atoms with Crippen LogP contribution in [0.3, 0.4) is 0 Å².